The molecule has 0 N–H and O–H groups in total. The van der Waals surface area contributed by atoms with Crippen molar-refractivity contribution in [1.29, 1.82) is 0 Å². The van der Waals surface area contributed by atoms with Crippen molar-refractivity contribution in [2.24, 2.45) is 0 Å². The SMILES string of the molecule is CC[C@H](c1ccccc1)S(=O)(=O)Cl. The van der Waals surface area contributed by atoms with Crippen LogP contribution in [-0.4, -0.2) is 8.42 Å². The van der Waals surface area contributed by atoms with E-state index in [1.165, 1.54) is 0 Å². The first-order chi connectivity index (χ1) is 6.05. The Kier molecular flexibility index (Phi) is 3.33. The second-order valence-electron chi connectivity index (χ2n) is 2.78. The molecule has 0 saturated carbocycles. The first-order valence-corrected chi connectivity index (χ1v) is 6.41. The van der Waals surface area contributed by atoms with Crippen LogP contribution in [0, 0.1) is 0 Å². The third-order valence-corrected chi connectivity index (χ3v) is 3.81. The molecule has 0 bridgehead atoms. The molecule has 0 spiro atoms. The maximum atomic E-state index is 11.1. The van der Waals surface area contributed by atoms with Crippen LogP contribution >= 0.6 is 10.7 Å². The Balaban J connectivity index is 3.06. The summed E-state index contributed by atoms with van der Waals surface area (Å²) in [7, 11) is 1.81. The van der Waals surface area contributed by atoms with Gasteiger partial charge in [0.2, 0.25) is 9.05 Å². The molecule has 0 heterocycles. The predicted molar refractivity (Wildman–Crippen MR) is 54.2 cm³/mol. The topological polar surface area (TPSA) is 34.1 Å². The van der Waals surface area contributed by atoms with E-state index in [0.717, 1.165) is 5.56 Å². The van der Waals surface area contributed by atoms with Crippen LogP contribution < -0.4 is 0 Å². The van der Waals surface area contributed by atoms with Crippen LogP contribution in [0.4, 0.5) is 0 Å². The third-order valence-electron chi connectivity index (χ3n) is 1.88. The van der Waals surface area contributed by atoms with E-state index in [-0.39, 0.29) is 0 Å². The minimum Gasteiger partial charge on any atom is -0.212 e. The smallest absolute Gasteiger partial charge is 0.212 e. The Bertz CT molecular complexity index is 358. The fourth-order valence-electron chi connectivity index (χ4n) is 1.27. The molecule has 2 nitrogen and oxygen atoms in total. The molecule has 1 aromatic carbocycles. The monoisotopic (exact) mass is 218 g/mol. The van der Waals surface area contributed by atoms with E-state index in [1.54, 1.807) is 31.2 Å². The van der Waals surface area contributed by atoms with Gasteiger partial charge in [0.1, 0.15) is 5.25 Å². The van der Waals surface area contributed by atoms with Crippen molar-refractivity contribution in [2.45, 2.75) is 18.6 Å². The van der Waals surface area contributed by atoms with Crippen LogP contribution in [0.3, 0.4) is 0 Å². The minimum absolute atomic E-state index is 0.496. The van der Waals surface area contributed by atoms with Gasteiger partial charge in [-0.3, -0.25) is 0 Å². The lowest BCUT2D eigenvalue weighted by atomic mass is 10.1. The molecule has 0 fully saturated rings. The summed E-state index contributed by atoms with van der Waals surface area (Å²) in [6.45, 7) is 1.80. The van der Waals surface area contributed by atoms with Gasteiger partial charge < -0.3 is 0 Å². The minimum atomic E-state index is -3.50. The Labute approximate surface area is 83.0 Å². The molecule has 0 saturated heterocycles. The lowest BCUT2D eigenvalue weighted by Crippen LogP contribution is -2.05. The van der Waals surface area contributed by atoms with E-state index in [1.807, 2.05) is 6.07 Å². The maximum Gasteiger partial charge on any atom is 0.239 e. The normalized spacial score (nSPS) is 14.0. The molecule has 4 heteroatoms. The van der Waals surface area contributed by atoms with Crippen molar-refractivity contribution in [2.75, 3.05) is 0 Å². The van der Waals surface area contributed by atoms with E-state index in [9.17, 15) is 8.42 Å². The van der Waals surface area contributed by atoms with Crippen molar-refractivity contribution in [1.82, 2.24) is 0 Å². The van der Waals surface area contributed by atoms with Gasteiger partial charge in [0.25, 0.3) is 0 Å². The first kappa shape index (κ1) is 10.5. The van der Waals surface area contributed by atoms with Gasteiger partial charge in [-0.05, 0) is 12.0 Å². The summed E-state index contributed by atoms with van der Waals surface area (Å²) >= 11 is 0. The van der Waals surface area contributed by atoms with Crippen molar-refractivity contribution in [3.8, 4) is 0 Å². The van der Waals surface area contributed by atoms with Gasteiger partial charge in [-0.25, -0.2) is 8.42 Å². The summed E-state index contributed by atoms with van der Waals surface area (Å²) in [5, 5.41) is -0.588. The number of rotatable bonds is 3. The molecule has 0 amide bonds. The highest BCUT2D eigenvalue weighted by atomic mass is 35.7. The highest BCUT2D eigenvalue weighted by molar-refractivity contribution is 8.13. The number of hydrogen-bond donors (Lipinski definition) is 0. The van der Waals surface area contributed by atoms with E-state index < -0.39 is 14.3 Å². The quantitative estimate of drug-likeness (QED) is 0.732. The fourth-order valence-corrected chi connectivity index (χ4v) is 2.83. The summed E-state index contributed by atoms with van der Waals surface area (Å²) in [5.74, 6) is 0. The van der Waals surface area contributed by atoms with Gasteiger partial charge in [-0.1, -0.05) is 37.3 Å². The zero-order valence-corrected chi connectivity index (χ0v) is 8.85. The van der Waals surface area contributed by atoms with Crippen LogP contribution in [0.2, 0.25) is 0 Å². The van der Waals surface area contributed by atoms with Crippen LogP contribution in [0.15, 0.2) is 30.3 Å². The van der Waals surface area contributed by atoms with Gasteiger partial charge >= 0.3 is 0 Å². The maximum absolute atomic E-state index is 11.1. The molecular formula is C9H11ClO2S. The van der Waals surface area contributed by atoms with Gasteiger partial charge in [0, 0.05) is 10.7 Å². The predicted octanol–water partition coefficient (Wildman–Crippen LogP) is 2.71. The van der Waals surface area contributed by atoms with E-state index in [4.69, 9.17) is 10.7 Å². The lowest BCUT2D eigenvalue weighted by Gasteiger charge is -2.10. The van der Waals surface area contributed by atoms with Crippen LogP contribution in [0.5, 0.6) is 0 Å². The summed E-state index contributed by atoms with van der Waals surface area (Å²) in [6.07, 6.45) is 0.496. The zero-order chi connectivity index (χ0) is 9.90. The summed E-state index contributed by atoms with van der Waals surface area (Å²) in [6, 6.07) is 9.00. The van der Waals surface area contributed by atoms with Crippen molar-refractivity contribution in [3.05, 3.63) is 35.9 Å². The molecule has 0 aliphatic heterocycles. The molecule has 0 aliphatic rings. The van der Waals surface area contributed by atoms with Gasteiger partial charge in [0.15, 0.2) is 0 Å². The van der Waals surface area contributed by atoms with Crippen molar-refractivity contribution >= 4 is 19.7 Å². The van der Waals surface area contributed by atoms with Crippen molar-refractivity contribution < 1.29 is 8.42 Å². The zero-order valence-electron chi connectivity index (χ0n) is 7.27. The Hall–Kier alpha value is -0.540. The second kappa shape index (κ2) is 4.11. The van der Waals surface area contributed by atoms with Crippen molar-refractivity contribution in [3.63, 3.8) is 0 Å². The van der Waals surface area contributed by atoms with Gasteiger partial charge in [0.05, 0.1) is 0 Å². The second-order valence-corrected chi connectivity index (χ2v) is 5.59. The molecule has 0 unspecified atom stereocenters. The van der Waals surface area contributed by atoms with Crippen LogP contribution in [0.1, 0.15) is 24.2 Å². The standard InChI is InChI=1S/C9H11ClO2S/c1-2-9(13(10,11)12)8-6-4-3-5-7-8/h3-7,9H,2H2,1H3/t9-/m1/s1. The fraction of sp³-hybridized carbons (Fsp3) is 0.333. The van der Waals surface area contributed by atoms with Gasteiger partial charge in [-0.15, -0.1) is 0 Å². The largest absolute Gasteiger partial charge is 0.239 e. The molecule has 1 rings (SSSR count). The number of halogens is 1. The van der Waals surface area contributed by atoms with E-state index >= 15 is 0 Å². The van der Waals surface area contributed by atoms with E-state index in [0.29, 0.717) is 6.42 Å². The molecule has 0 radical (unpaired) electrons. The third kappa shape index (κ3) is 2.71. The molecule has 1 aromatic rings. The molecular weight excluding hydrogens is 208 g/mol. The Morgan fingerprint density at radius 3 is 2.23 bits per heavy atom. The van der Waals surface area contributed by atoms with E-state index in [2.05, 4.69) is 0 Å². The first-order valence-electron chi connectivity index (χ1n) is 4.04. The van der Waals surface area contributed by atoms with Crippen LogP contribution in [-0.2, 0) is 9.05 Å². The highest BCUT2D eigenvalue weighted by Crippen LogP contribution is 2.28. The molecule has 0 aromatic heterocycles. The number of hydrogen-bond acceptors (Lipinski definition) is 2. The Morgan fingerprint density at radius 1 is 1.31 bits per heavy atom. The molecule has 1 atom stereocenters. The highest BCUT2D eigenvalue weighted by Gasteiger charge is 2.22. The summed E-state index contributed by atoms with van der Waals surface area (Å²) in [5.41, 5.74) is 0.750. The molecule has 0 aliphatic carbocycles. The molecule has 72 valence electrons. The summed E-state index contributed by atoms with van der Waals surface area (Å²) in [4.78, 5) is 0. The lowest BCUT2D eigenvalue weighted by molar-refractivity contribution is 0.594. The van der Waals surface area contributed by atoms with Crippen LogP contribution in [0.25, 0.3) is 0 Å². The average molecular weight is 219 g/mol. The van der Waals surface area contributed by atoms with Gasteiger partial charge in [-0.2, -0.15) is 0 Å². The molecule has 13 heavy (non-hydrogen) atoms. The Morgan fingerprint density at radius 2 is 1.85 bits per heavy atom. The number of benzene rings is 1. The average Bonchev–Trinajstić information content (AvgIpc) is 2.05. The summed E-state index contributed by atoms with van der Waals surface area (Å²) < 4.78 is 22.3.